The molecule has 224 valence electrons. The number of benzene rings is 2. The van der Waals surface area contributed by atoms with E-state index in [1.165, 1.54) is 4.90 Å². The Labute approximate surface area is 244 Å². The zero-order valence-electron chi connectivity index (χ0n) is 25.9. The van der Waals surface area contributed by atoms with Gasteiger partial charge in [0.1, 0.15) is 17.7 Å². The molecule has 2 unspecified atom stereocenters. The van der Waals surface area contributed by atoms with Gasteiger partial charge in [0, 0.05) is 17.6 Å². The molecule has 2 aromatic carbocycles. The number of carbonyl (C=O) groups excluding carboxylic acids is 4. The van der Waals surface area contributed by atoms with Gasteiger partial charge in [-0.1, -0.05) is 49.4 Å². The van der Waals surface area contributed by atoms with E-state index in [0.29, 0.717) is 17.7 Å². The highest BCUT2D eigenvalue weighted by molar-refractivity contribution is 6.00. The minimum Gasteiger partial charge on any atom is -0.444 e. The number of hydrogen-bond acceptors (Lipinski definition) is 5. The van der Waals surface area contributed by atoms with E-state index in [4.69, 9.17) is 10.5 Å². The average Bonchev–Trinajstić information content (AvgIpc) is 2.86. The third-order valence-corrected chi connectivity index (χ3v) is 7.14. The average molecular weight is 567 g/mol. The molecule has 0 saturated heterocycles. The van der Waals surface area contributed by atoms with Gasteiger partial charge in [0.15, 0.2) is 0 Å². The molecule has 0 fully saturated rings. The van der Waals surface area contributed by atoms with Crippen LogP contribution < -0.4 is 16.4 Å². The van der Waals surface area contributed by atoms with Crippen LogP contribution in [0.25, 0.3) is 0 Å². The van der Waals surface area contributed by atoms with E-state index in [2.05, 4.69) is 10.6 Å². The number of ether oxygens (including phenoxy) is 1. The van der Waals surface area contributed by atoms with Gasteiger partial charge >= 0.3 is 6.09 Å². The van der Waals surface area contributed by atoms with Gasteiger partial charge in [-0.05, 0) is 90.5 Å². The lowest BCUT2D eigenvalue weighted by Crippen LogP contribution is -2.59. The Morgan fingerprint density at radius 3 is 1.98 bits per heavy atom. The first-order chi connectivity index (χ1) is 19.0. The van der Waals surface area contributed by atoms with E-state index in [1.54, 1.807) is 20.8 Å². The zero-order chi connectivity index (χ0) is 31.1. The standard InChI is InChI=1S/C32H46N4O5/c1-10-32(8,9)36(29(39)24(18-19-25(33)37)34-30(40)41-31(5,6)7)27(23-17-12-11-14-20(23)2)28(38)35-26-21(3)15-13-16-22(26)4/h11-17,24,27H,10,18-19H2,1-9H3,(H2,33,37)(H,34,40)(H,35,38). The summed E-state index contributed by atoms with van der Waals surface area (Å²) in [5.74, 6) is -1.52. The smallest absolute Gasteiger partial charge is 0.408 e. The fourth-order valence-electron chi connectivity index (χ4n) is 4.60. The Kier molecular flexibility index (Phi) is 11.1. The highest BCUT2D eigenvalue weighted by Crippen LogP contribution is 2.35. The number of nitrogens with two attached hydrogens (primary N) is 1. The van der Waals surface area contributed by atoms with Crippen molar-refractivity contribution in [3.63, 3.8) is 0 Å². The minimum atomic E-state index is -1.16. The number of amides is 4. The molecule has 0 aromatic heterocycles. The van der Waals surface area contributed by atoms with Gasteiger partial charge in [-0.25, -0.2) is 4.79 Å². The van der Waals surface area contributed by atoms with Crippen LogP contribution in [0, 0.1) is 20.8 Å². The molecule has 0 aliphatic rings. The monoisotopic (exact) mass is 566 g/mol. The van der Waals surface area contributed by atoms with Gasteiger partial charge in [0.25, 0.3) is 5.91 Å². The van der Waals surface area contributed by atoms with Crippen LogP contribution in [0.2, 0.25) is 0 Å². The van der Waals surface area contributed by atoms with Gasteiger partial charge in [0.05, 0.1) is 0 Å². The van der Waals surface area contributed by atoms with Crippen molar-refractivity contribution in [1.29, 1.82) is 0 Å². The molecule has 2 atom stereocenters. The molecule has 0 heterocycles. The van der Waals surface area contributed by atoms with Crippen LogP contribution in [-0.4, -0.2) is 45.9 Å². The number of aryl methyl sites for hydroxylation is 3. The van der Waals surface area contributed by atoms with Crippen LogP contribution in [0.4, 0.5) is 10.5 Å². The molecular weight excluding hydrogens is 520 g/mol. The first-order valence-corrected chi connectivity index (χ1v) is 14.0. The molecule has 2 rings (SSSR count). The van der Waals surface area contributed by atoms with Crippen LogP contribution in [0.3, 0.4) is 0 Å². The fraction of sp³-hybridized carbons (Fsp3) is 0.500. The number of rotatable bonds is 11. The van der Waals surface area contributed by atoms with E-state index >= 15 is 0 Å². The van der Waals surface area contributed by atoms with Crippen LogP contribution in [0.15, 0.2) is 42.5 Å². The zero-order valence-corrected chi connectivity index (χ0v) is 25.9. The van der Waals surface area contributed by atoms with Crippen LogP contribution >= 0.6 is 0 Å². The molecule has 4 amide bonds. The summed E-state index contributed by atoms with van der Waals surface area (Å²) < 4.78 is 5.42. The summed E-state index contributed by atoms with van der Waals surface area (Å²) in [5.41, 5.74) is 7.72. The predicted octanol–water partition coefficient (Wildman–Crippen LogP) is 5.47. The van der Waals surface area contributed by atoms with Gasteiger partial charge < -0.3 is 26.0 Å². The maximum absolute atomic E-state index is 14.5. The highest BCUT2D eigenvalue weighted by Gasteiger charge is 2.43. The van der Waals surface area contributed by atoms with Crippen molar-refractivity contribution in [2.24, 2.45) is 5.73 Å². The van der Waals surface area contributed by atoms with Crippen molar-refractivity contribution in [3.8, 4) is 0 Å². The van der Waals surface area contributed by atoms with Crippen molar-refractivity contribution >= 4 is 29.5 Å². The lowest BCUT2D eigenvalue weighted by Gasteiger charge is -2.45. The number of anilines is 1. The maximum atomic E-state index is 14.5. The van der Waals surface area contributed by atoms with E-state index < -0.39 is 47.0 Å². The van der Waals surface area contributed by atoms with E-state index in [1.807, 2.05) is 84.0 Å². The van der Waals surface area contributed by atoms with Crippen LogP contribution in [0.1, 0.15) is 89.1 Å². The van der Waals surface area contributed by atoms with Crippen molar-refractivity contribution in [2.75, 3.05) is 5.32 Å². The molecule has 0 aliphatic heterocycles. The molecular formula is C32H46N4O5. The second-order valence-corrected chi connectivity index (χ2v) is 12.1. The molecule has 0 radical (unpaired) electrons. The molecule has 9 nitrogen and oxygen atoms in total. The van der Waals surface area contributed by atoms with Gasteiger partial charge in [-0.2, -0.15) is 0 Å². The lowest BCUT2D eigenvalue weighted by molar-refractivity contribution is -0.148. The first-order valence-electron chi connectivity index (χ1n) is 14.0. The third-order valence-electron chi connectivity index (χ3n) is 7.14. The first kappa shape index (κ1) is 33.3. The van der Waals surface area contributed by atoms with Crippen molar-refractivity contribution in [3.05, 3.63) is 64.7 Å². The summed E-state index contributed by atoms with van der Waals surface area (Å²) in [6, 6.07) is 10.9. The molecule has 0 saturated carbocycles. The number of hydrogen-bond donors (Lipinski definition) is 3. The highest BCUT2D eigenvalue weighted by atomic mass is 16.6. The quantitative estimate of drug-likeness (QED) is 0.332. The summed E-state index contributed by atoms with van der Waals surface area (Å²) in [5, 5.41) is 5.72. The van der Waals surface area contributed by atoms with E-state index in [-0.39, 0.29) is 12.8 Å². The Morgan fingerprint density at radius 2 is 1.46 bits per heavy atom. The van der Waals surface area contributed by atoms with Gasteiger partial charge in [-0.15, -0.1) is 0 Å². The molecule has 0 bridgehead atoms. The second-order valence-electron chi connectivity index (χ2n) is 12.1. The number of carbonyl (C=O) groups is 4. The fourth-order valence-corrected chi connectivity index (χ4v) is 4.60. The second kappa shape index (κ2) is 13.7. The Balaban J connectivity index is 2.70. The molecule has 2 aromatic rings. The maximum Gasteiger partial charge on any atom is 0.408 e. The normalized spacial score (nSPS) is 13.1. The SMILES string of the molecule is CCC(C)(C)N(C(=O)C(CCC(N)=O)NC(=O)OC(C)(C)C)C(C(=O)Nc1c(C)cccc1C)c1ccccc1C. The van der Waals surface area contributed by atoms with Crippen molar-refractivity contribution < 1.29 is 23.9 Å². The largest absolute Gasteiger partial charge is 0.444 e. The molecule has 0 aliphatic carbocycles. The van der Waals surface area contributed by atoms with Crippen LogP contribution in [-0.2, 0) is 19.1 Å². The Morgan fingerprint density at radius 1 is 0.902 bits per heavy atom. The van der Waals surface area contributed by atoms with E-state index in [9.17, 15) is 19.2 Å². The van der Waals surface area contributed by atoms with Crippen molar-refractivity contribution in [1.82, 2.24) is 10.2 Å². The summed E-state index contributed by atoms with van der Waals surface area (Å²) in [6.07, 6.45) is -0.492. The minimum absolute atomic E-state index is 0.0529. The molecule has 9 heteroatoms. The summed E-state index contributed by atoms with van der Waals surface area (Å²) >= 11 is 0. The van der Waals surface area contributed by atoms with E-state index in [0.717, 1.165) is 16.7 Å². The number of alkyl carbamates (subject to hydrolysis) is 1. The number of nitrogens with zero attached hydrogens (tertiary/aromatic N) is 1. The number of nitrogens with one attached hydrogen (secondary N) is 2. The Bertz CT molecular complexity index is 1240. The molecule has 41 heavy (non-hydrogen) atoms. The molecule has 0 spiro atoms. The van der Waals surface area contributed by atoms with Gasteiger partial charge in [0.2, 0.25) is 11.8 Å². The van der Waals surface area contributed by atoms with Crippen molar-refractivity contribution in [2.45, 2.75) is 105 Å². The summed E-state index contributed by atoms with van der Waals surface area (Å²) in [6.45, 7) is 16.5. The lowest BCUT2D eigenvalue weighted by atomic mass is 9.90. The third kappa shape index (κ3) is 9.06. The van der Waals surface area contributed by atoms with Gasteiger partial charge in [-0.3, -0.25) is 14.4 Å². The topological polar surface area (TPSA) is 131 Å². The number of para-hydroxylation sites is 1. The predicted molar refractivity (Wildman–Crippen MR) is 161 cm³/mol. The number of primary amides is 1. The van der Waals surface area contributed by atoms with Crippen LogP contribution in [0.5, 0.6) is 0 Å². The Hall–Kier alpha value is -3.88. The molecule has 4 N–H and O–H groups in total. The summed E-state index contributed by atoms with van der Waals surface area (Å²) in [4.78, 5) is 54.9. The summed E-state index contributed by atoms with van der Waals surface area (Å²) in [7, 11) is 0.